The molecule has 5 atom stereocenters. The van der Waals surface area contributed by atoms with Gasteiger partial charge in [0.15, 0.2) is 11.0 Å². The maximum absolute atomic E-state index is 13.6. The number of aryl methyl sites for hydroxylation is 2. The number of fused-ring (bicyclic) bond motifs is 3. The molecule has 2 heterocycles. The Hall–Kier alpha value is -4.53. The van der Waals surface area contributed by atoms with Crippen LogP contribution in [0.5, 0.6) is 5.75 Å². The molecule has 1 unspecified atom stereocenters. The van der Waals surface area contributed by atoms with Gasteiger partial charge in [0.25, 0.3) is 11.8 Å². The van der Waals surface area contributed by atoms with Crippen LogP contribution in [0.2, 0.25) is 5.02 Å². The molecule has 13 nitrogen and oxygen atoms in total. The van der Waals surface area contributed by atoms with Crippen molar-refractivity contribution in [1.29, 1.82) is 0 Å². The summed E-state index contributed by atoms with van der Waals surface area (Å²) in [5, 5.41) is 4.75. The summed E-state index contributed by atoms with van der Waals surface area (Å²) >= 11 is 6.47. The second-order valence-electron chi connectivity index (χ2n) is 15.3. The van der Waals surface area contributed by atoms with Gasteiger partial charge in [0.2, 0.25) is 0 Å². The Balaban J connectivity index is 1.30. The number of amides is 3. The standard InChI is InChI=1S/C40H49ClN6O7S/c1-39(2,37(49)42-3)53-18-8-10-34(54-38(50)45(4)5)31-14-11-27(31)23-47-24-40(17-7-9-26-19-29(41)12-15-32(26)40)25-52-35-16-13-30(20-33(35)47)55(51)44-36(48)28-21-43-46(6)22-28/h8,10,12-13,15-16,19-22,27,31,34H,3,7,9,11,14,17-18,23-25H2,1-2,4-6H3,(H,44,48)/b10-8+/t27-,31+,34-,40-,55?/m0/s1. The second kappa shape index (κ2) is 16.7. The summed E-state index contributed by atoms with van der Waals surface area (Å²) in [5.74, 6) is -0.202. The SMILES string of the molecule is C=NC(=O)C(C)(C)OC/C=C/[C@H](OC(=O)N(C)C)[C@@H]1CC[C@H]1CN1C[C@@]2(CCCc3cc(Cl)ccc32)COc2ccc(S(=O)NC(=O)c3cnn(C)c3)cc21. The van der Waals surface area contributed by atoms with Crippen molar-refractivity contribution in [2.45, 2.75) is 68.0 Å². The quantitative estimate of drug-likeness (QED) is 0.181. The molecule has 0 saturated heterocycles. The van der Waals surface area contributed by atoms with Gasteiger partial charge in [-0.3, -0.25) is 19.0 Å². The summed E-state index contributed by atoms with van der Waals surface area (Å²) in [6.07, 6.45) is 10.1. The molecule has 2 aromatic carbocycles. The maximum atomic E-state index is 13.6. The van der Waals surface area contributed by atoms with E-state index >= 15 is 0 Å². The van der Waals surface area contributed by atoms with E-state index in [1.807, 2.05) is 24.3 Å². The van der Waals surface area contributed by atoms with Crippen LogP contribution in [-0.2, 0) is 44.1 Å². The number of aliphatic imine (C=N–C) groups is 1. The summed E-state index contributed by atoms with van der Waals surface area (Å²) in [5.41, 5.74) is 2.02. The first-order chi connectivity index (χ1) is 26.2. The van der Waals surface area contributed by atoms with E-state index in [1.54, 1.807) is 53.3 Å². The smallest absolute Gasteiger partial charge is 0.409 e. The molecule has 0 bridgehead atoms. The first-order valence-electron chi connectivity index (χ1n) is 18.4. The molecule has 55 heavy (non-hydrogen) atoms. The van der Waals surface area contributed by atoms with Gasteiger partial charge in [-0.1, -0.05) is 23.7 Å². The van der Waals surface area contributed by atoms with Gasteiger partial charge in [0.1, 0.15) is 17.5 Å². The highest BCUT2D eigenvalue weighted by atomic mass is 35.5. The molecule has 1 N–H and O–H groups in total. The number of nitrogens with one attached hydrogen (secondary N) is 1. The van der Waals surface area contributed by atoms with E-state index < -0.39 is 40.6 Å². The van der Waals surface area contributed by atoms with Crippen molar-refractivity contribution in [1.82, 2.24) is 19.4 Å². The Morgan fingerprint density at radius 1 is 1.24 bits per heavy atom. The summed E-state index contributed by atoms with van der Waals surface area (Å²) < 4.78 is 36.2. The lowest BCUT2D eigenvalue weighted by molar-refractivity contribution is -0.137. The van der Waals surface area contributed by atoms with E-state index in [9.17, 15) is 18.6 Å². The van der Waals surface area contributed by atoms with Gasteiger partial charge in [-0.05, 0) is 106 Å². The second-order valence-corrected chi connectivity index (χ2v) is 16.9. The lowest BCUT2D eigenvalue weighted by Crippen LogP contribution is -2.50. The number of halogens is 1. The first-order valence-corrected chi connectivity index (χ1v) is 19.9. The summed E-state index contributed by atoms with van der Waals surface area (Å²) in [6, 6.07) is 11.5. The third-order valence-corrected chi connectivity index (χ3v) is 12.1. The molecule has 1 saturated carbocycles. The molecule has 2 aliphatic carbocycles. The van der Waals surface area contributed by atoms with E-state index in [2.05, 4.69) is 38.6 Å². The normalized spacial score (nSPS) is 21.7. The predicted octanol–water partition coefficient (Wildman–Crippen LogP) is 5.67. The average molecular weight is 793 g/mol. The van der Waals surface area contributed by atoms with E-state index in [4.69, 9.17) is 25.8 Å². The zero-order valence-electron chi connectivity index (χ0n) is 32.0. The Morgan fingerprint density at radius 2 is 2.04 bits per heavy atom. The highest BCUT2D eigenvalue weighted by Crippen LogP contribution is 2.47. The number of rotatable bonds is 12. The number of nitrogens with zero attached hydrogens (tertiary/aromatic N) is 5. The van der Waals surface area contributed by atoms with Gasteiger partial charge in [-0.25, -0.2) is 14.0 Å². The van der Waals surface area contributed by atoms with Crippen LogP contribution in [0.4, 0.5) is 10.5 Å². The van der Waals surface area contributed by atoms with E-state index in [1.165, 1.54) is 26.9 Å². The molecule has 0 radical (unpaired) electrons. The summed E-state index contributed by atoms with van der Waals surface area (Å²) in [7, 11) is 3.13. The number of carbonyl (C=O) groups is 3. The topological polar surface area (TPSA) is 145 Å². The number of ether oxygens (including phenoxy) is 3. The molecule has 3 aromatic rings. The van der Waals surface area contributed by atoms with E-state index in [0.717, 1.165) is 37.8 Å². The lowest BCUT2D eigenvalue weighted by Gasteiger charge is -2.46. The molecule has 15 heteroatoms. The Morgan fingerprint density at radius 3 is 2.73 bits per heavy atom. The van der Waals surface area contributed by atoms with Crippen molar-refractivity contribution >= 4 is 52.9 Å². The Bertz CT molecular complexity index is 2000. The van der Waals surface area contributed by atoms with Gasteiger partial charge >= 0.3 is 6.09 Å². The Labute approximate surface area is 329 Å². The van der Waals surface area contributed by atoms with Gasteiger partial charge in [0, 0.05) is 56.8 Å². The number of hydrogen-bond acceptors (Lipinski definition) is 9. The van der Waals surface area contributed by atoms with Crippen LogP contribution in [0.15, 0.2) is 70.8 Å². The molecular formula is C40H49ClN6O7S. The summed E-state index contributed by atoms with van der Waals surface area (Å²) in [6.45, 7) is 8.38. The monoisotopic (exact) mass is 792 g/mol. The number of aromatic nitrogens is 2. The van der Waals surface area contributed by atoms with Crippen LogP contribution in [0.1, 0.15) is 61.0 Å². The highest BCUT2D eigenvalue weighted by molar-refractivity contribution is 7.83. The van der Waals surface area contributed by atoms with Crippen LogP contribution in [0.25, 0.3) is 0 Å². The zero-order chi connectivity index (χ0) is 39.5. The van der Waals surface area contributed by atoms with E-state index in [0.29, 0.717) is 40.9 Å². The van der Waals surface area contributed by atoms with Crippen molar-refractivity contribution in [2.75, 3.05) is 45.3 Å². The van der Waals surface area contributed by atoms with Crippen molar-refractivity contribution in [3.8, 4) is 5.75 Å². The van der Waals surface area contributed by atoms with Crippen LogP contribution >= 0.6 is 11.6 Å². The highest BCUT2D eigenvalue weighted by Gasteiger charge is 2.45. The van der Waals surface area contributed by atoms with Crippen molar-refractivity contribution in [3.63, 3.8) is 0 Å². The van der Waals surface area contributed by atoms with Crippen LogP contribution < -0.4 is 14.4 Å². The number of benzene rings is 2. The summed E-state index contributed by atoms with van der Waals surface area (Å²) in [4.78, 5) is 45.6. The molecule has 3 aliphatic rings. The third-order valence-electron chi connectivity index (χ3n) is 10.9. The fraction of sp³-hybridized carbons (Fsp3) is 0.475. The van der Waals surface area contributed by atoms with Crippen LogP contribution in [0.3, 0.4) is 0 Å². The van der Waals surface area contributed by atoms with Crippen LogP contribution in [-0.4, -0.2) is 95.6 Å². The molecule has 6 rings (SSSR count). The molecule has 1 aromatic heterocycles. The fourth-order valence-electron chi connectivity index (χ4n) is 7.68. The fourth-order valence-corrected chi connectivity index (χ4v) is 8.69. The zero-order valence-corrected chi connectivity index (χ0v) is 33.5. The van der Waals surface area contributed by atoms with Crippen molar-refractivity contribution in [3.05, 3.63) is 82.7 Å². The van der Waals surface area contributed by atoms with Crippen molar-refractivity contribution < 1.29 is 32.8 Å². The third kappa shape index (κ3) is 8.97. The molecule has 1 aliphatic heterocycles. The molecular weight excluding hydrogens is 744 g/mol. The lowest BCUT2D eigenvalue weighted by atomic mass is 9.68. The number of hydrogen-bond donors (Lipinski definition) is 1. The van der Waals surface area contributed by atoms with Crippen molar-refractivity contribution in [2.24, 2.45) is 23.9 Å². The van der Waals surface area contributed by atoms with Gasteiger partial charge in [0.05, 0.1) is 35.6 Å². The molecule has 1 spiro atoms. The minimum atomic E-state index is -1.86. The molecule has 1 fully saturated rings. The van der Waals surface area contributed by atoms with Gasteiger partial charge < -0.3 is 24.0 Å². The van der Waals surface area contributed by atoms with Crippen LogP contribution in [0, 0.1) is 11.8 Å². The number of anilines is 1. The molecule has 3 amide bonds. The number of carbonyl (C=O) groups excluding carboxylic acids is 3. The minimum Gasteiger partial charge on any atom is -0.490 e. The molecule has 294 valence electrons. The first kappa shape index (κ1) is 40.1. The van der Waals surface area contributed by atoms with Gasteiger partial charge in [-0.2, -0.15) is 5.10 Å². The predicted molar refractivity (Wildman–Crippen MR) is 211 cm³/mol. The minimum absolute atomic E-state index is 0.0123. The Kier molecular flexibility index (Phi) is 12.2. The van der Waals surface area contributed by atoms with Gasteiger partial charge in [-0.15, -0.1) is 0 Å². The average Bonchev–Trinajstić information content (AvgIpc) is 3.52. The van der Waals surface area contributed by atoms with E-state index in [-0.39, 0.29) is 23.9 Å². The largest absolute Gasteiger partial charge is 0.490 e. The maximum Gasteiger partial charge on any atom is 0.409 e.